The van der Waals surface area contributed by atoms with Gasteiger partial charge in [0, 0.05) is 6.42 Å². The molecule has 4 heteroatoms. The summed E-state index contributed by atoms with van der Waals surface area (Å²) in [6.07, 6.45) is 0.967. The minimum Gasteiger partial charge on any atom is -0.468 e. The summed E-state index contributed by atoms with van der Waals surface area (Å²) in [6, 6.07) is 8.08. The average Bonchev–Trinajstić information content (AvgIpc) is 2.73. The van der Waals surface area contributed by atoms with Crippen molar-refractivity contribution in [2.75, 3.05) is 6.61 Å². The van der Waals surface area contributed by atoms with E-state index in [1.165, 1.54) is 0 Å². The highest BCUT2D eigenvalue weighted by molar-refractivity contribution is 5.74. The van der Waals surface area contributed by atoms with Crippen molar-refractivity contribution in [2.24, 2.45) is 0 Å². The summed E-state index contributed by atoms with van der Waals surface area (Å²) in [7, 11) is 0. The number of rotatable bonds is 3. The van der Waals surface area contributed by atoms with Gasteiger partial charge in [0.15, 0.2) is 0 Å². The van der Waals surface area contributed by atoms with Gasteiger partial charge in [-0.1, -0.05) is 19.1 Å². The zero-order chi connectivity index (χ0) is 11.8. The van der Waals surface area contributed by atoms with Gasteiger partial charge >= 0.3 is 0 Å². The van der Waals surface area contributed by atoms with E-state index in [0.717, 1.165) is 23.3 Å². The van der Waals surface area contributed by atoms with Gasteiger partial charge in [-0.15, -0.1) is 0 Å². The van der Waals surface area contributed by atoms with E-state index in [4.69, 9.17) is 0 Å². The monoisotopic (exact) mass is 220 g/mol. The van der Waals surface area contributed by atoms with Gasteiger partial charge in [0.2, 0.25) is 0 Å². The van der Waals surface area contributed by atoms with Crippen molar-refractivity contribution in [2.45, 2.75) is 20.3 Å². The minimum absolute atomic E-state index is 0.431. The van der Waals surface area contributed by atoms with Crippen LogP contribution in [0.1, 0.15) is 19.7 Å². The second kappa shape index (κ2) is 6.61. The third-order valence-corrected chi connectivity index (χ3v) is 2.01. The maximum absolute atomic E-state index is 9.18. The molecule has 0 atom stereocenters. The van der Waals surface area contributed by atoms with Crippen molar-refractivity contribution in [3.8, 4) is 0 Å². The van der Waals surface area contributed by atoms with Crippen LogP contribution in [-0.2, 0) is 16.0 Å². The number of aromatic nitrogens is 2. The molecule has 16 heavy (non-hydrogen) atoms. The number of fused-ring (bicyclic) bond motifs is 1. The summed E-state index contributed by atoms with van der Waals surface area (Å²) in [5, 5.41) is 0. The lowest BCUT2D eigenvalue weighted by molar-refractivity contribution is -0.128. The Balaban J connectivity index is 0.000000221. The number of hydrogen-bond acceptors (Lipinski definition) is 3. The Labute approximate surface area is 94.6 Å². The Hall–Kier alpha value is -1.84. The first-order valence-electron chi connectivity index (χ1n) is 5.30. The van der Waals surface area contributed by atoms with Crippen LogP contribution in [0.15, 0.2) is 24.3 Å². The molecule has 0 bridgehead atoms. The van der Waals surface area contributed by atoms with Crippen molar-refractivity contribution < 1.29 is 9.53 Å². The number of hydrogen-bond donors (Lipinski definition) is 1. The summed E-state index contributed by atoms with van der Waals surface area (Å²) in [6.45, 7) is 4.76. The van der Waals surface area contributed by atoms with Crippen molar-refractivity contribution >= 4 is 17.5 Å². The first kappa shape index (κ1) is 12.2. The maximum Gasteiger partial charge on any atom is 0.293 e. The summed E-state index contributed by atoms with van der Waals surface area (Å²) >= 11 is 0. The van der Waals surface area contributed by atoms with Crippen LogP contribution in [0.25, 0.3) is 11.0 Å². The molecule has 2 rings (SSSR count). The lowest BCUT2D eigenvalue weighted by Crippen LogP contribution is -1.80. The third kappa shape index (κ3) is 3.38. The van der Waals surface area contributed by atoms with Crippen LogP contribution in [0.4, 0.5) is 0 Å². The average molecular weight is 220 g/mol. The normalized spacial score (nSPS) is 9.38. The molecule has 1 heterocycles. The van der Waals surface area contributed by atoms with Crippen LogP contribution in [0.3, 0.4) is 0 Å². The molecule has 0 fully saturated rings. The molecule has 0 amide bonds. The van der Waals surface area contributed by atoms with Gasteiger partial charge in [-0.25, -0.2) is 4.98 Å². The van der Waals surface area contributed by atoms with E-state index in [9.17, 15) is 4.79 Å². The number of nitrogens with one attached hydrogen (secondary N) is 1. The molecule has 0 aliphatic carbocycles. The SMILES string of the molecule is CCOC=O.CCc1nc2ccccc2[nH]1. The van der Waals surface area contributed by atoms with Crippen LogP contribution in [-0.4, -0.2) is 23.0 Å². The smallest absolute Gasteiger partial charge is 0.293 e. The van der Waals surface area contributed by atoms with E-state index in [0.29, 0.717) is 13.1 Å². The third-order valence-electron chi connectivity index (χ3n) is 2.01. The highest BCUT2D eigenvalue weighted by Crippen LogP contribution is 2.09. The van der Waals surface area contributed by atoms with Crippen molar-refractivity contribution in [1.29, 1.82) is 0 Å². The molecule has 0 saturated heterocycles. The fourth-order valence-electron chi connectivity index (χ4n) is 1.24. The zero-order valence-corrected chi connectivity index (χ0v) is 9.56. The Morgan fingerprint density at radius 3 is 2.62 bits per heavy atom. The molecular weight excluding hydrogens is 204 g/mol. The quantitative estimate of drug-likeness (QED) is 0.807. The standard InChI is InChI=1S/C9H10N2.C3H6O2/c1-2-9-10-7-5-3-4-6-8(7)11-9;1-2-5-3-4/h3-6H,2H2,1H3,(H,10,11);3H,2H2,1H3. The molecule has 0 unspecified atom stereocenters. The topological polar surface area (TPSA) is 55.0 Å². The van der Waals surface area contributed by atoms with E-state index in [1.807, 2.05) is 24.3 Å². The van der Waals surface area contributed by atoms with Gasteiger partial charge < -0.3 is 9.72 Å². The fraction of sp³-hybridized carbons (Fsp3) is 0.333. The number of imidazole rings is 1. The van der Waals surface area contributed by atoms with Crippen LogP contribution in [0.2, 0.25) is 0 Å². The van der Waals surface area contributed by atoms with E-state index in [-0.39, 0.29) is 0 Å². The molecule has 0 aliphatic heterocycles. The summed E-state index contributed by atoms with van der Waals surface area (Å²) < 4.78 is 4.15. The number of aryl methyl sites for hydroxylation is 1. The van der Waals surface area contributed by atoms with Crippen molar-refractivity contribution in [3.05, 3.63) is 30.1 Å². The van der Waals surface area contributed by atoms with Crippen LogP contribution in [0, 0.1) is 0 Å². The number of para-hydroxylation sites is 2. The number of benzene rings is 1. The molecule has 0 spiro atoms. The number of ether oxygens (including phenoxy) is 1. The molecule has 86 valence electrons. The zero-order valence-electron chi connectivity index (χ0n) is 9.56. The molecule has 0 radical (unpaired) electrons. The summed E-state index contributed by atoms with van der Waals surface area (Å²) in [4.78, 5) is 16.8. The fourth-order valence-corrected chi connectivity index (χ4v) is 1.24. The van der Waals surface area contributed by atoms with Gasteiger partial charge in [0.25, 0.3) is 6.47 Å². The van der Waals surface area contributed by atoms with Crippen LogP contribution >= 0.6 is 0 Å². The number of carbonyl (C=O) groups excluding carboxylic acids is 1. The molecule has 1 N–H and O–H groups in total. The van der Waals surface area contributed by atoms with Gasteiger partial charge in [-0.05, 0) is 19.1 Å². The predicted octanol–water partition coefficient (Wildman–Crippen LogP) is 2.30. The van der Waals surface area contributed by atoms with Gasteiger partial charge in [0.1, 0.15) is 5.82 Å². The molecule has 0 saturated carbocycles. The van der Waals surface area contributed by atoms with Gasteiger partial charge in [-0.2, -0.15) is 0 Å². The first-order valence-corrected chi connectivity index (χ1v) is 5.30. The number of aromatic amines is 1. The van der Waals surface area contributed by atoms with E-state index in [1.54, 1.807) is 6.92 Å². The van der Waals surface area contributed by atoms with Crippen LogP contribution in [0.5, 0.6) is 0 Å². The molecule has 2 aromatic rings. The molecular formula is C12H16N2O2. The molecule has 0 aliphatic rings. The minimum atomic E-state index is 0.431. The van der Waals surface area contributed by atoms with Crippen LogP contribution < -0.4 is 0 Å². The highest BCUT2D eigenvalue weighted by atomic mass is 16.5. The van der Waals surface area contributed by atoms with Gasteiger partial charge in [0.05, 0.1) is 17.6 Å². The Kier molecular flexibility index (Phi) is 5.05. The molecule has 4 nitrogen and oxygen atoms in total. The second-order valence-electron chi connectivity index (χ2n) is 3.11. The first-order chi connectivity index (χ1) is 7.81. The van der Waals surface area contributed by atoms with E-state index < -0.39 is 0 Å². The summed E-state index contributed by atoms with van der Waals surface area (Å²) in [5.74, 6) is 1.06. The van der Waals surface area contributed by atoms with Gasteiger partial charge in [-0.3, -0.25) is 4.79 Å². The molecule has 1 aromatic carbocycles. The largest absolute Gasteiger partial charge is 0.468 e. The molecule has 1 aromatic heterocycles. The van der Waals surface area contributed by atoms with E-state index in [2.05, 4.69) is 21.6 Å². The second-order valence-corrected chi connectivity index (χ2v) is 3.11. The Bertz CT molecular complexity index is 404. The number of nitrogens with zero attached hydrogens (tertiary/aromatic N) is 1. The highest BCUT2D eigenvalue weighted by Gasteiger charge is 1.97. The van der Waals surface area contributed by atoms with Crippen molar-refractivity contribution in [3.63, 3.8) is 0 Å². The lowest BCUT2D eigenvalue weighted by Gasteiger charge is -1.82. The summed E-state index contributed by atoms with van der Waals surface area (Å²) in [5.41, 5.74) is 2.19. The predicted molar refractivity (Wildman–Crippen MR) is 63.2 cm³/mol. The van der Waals surface area contributed by atoms with Crippen molar-refractivity contribution in [1.82, 2.24) is 9.97 Å². The number of H-pyrrole nitrogens is 1. The lowest BCUT2D eigenvalue weighted by atomic mass is 10.3. The van der Waals surface area contributed by atoms with E-state index >= 15 is 0 Å². The Morgan fingerprint density at radius 1 is 1.38 bits per heavy atom. The Morgan fingerprint density at radius 2 is 2.12 bits per heavy atom. The maximum atomic E-state index is 9.18. The number of carbonyl (C=O) groups is 1.